The highest BCUT2D eigenvalue weighted by atomic mass is 79.9. The first-order valence-electron chi connectivity index (χ1n) is 6.35. The van der Waals surface area contributed by atoms with Gasteiger partial charge in [-0.1, -0.05) is 41.9 Å². The molecule has 0 aromatic heterocycles. The third kappa shape index (κ3) is 4.54. The molecule has 2 nitrogen and oxygen atoms in total. The summed E-state index contributed by atoms with van der Waals surface area (Å²) in [4.78, 5) is 14.4. The monoisotopic (exact) mass is 311 g/mol. The quantitative estimate of drug-likeness (QED) is 0.798. The Morgan fingerprint density at radius 2 is 1.78 bits per heavy atom. The second-order valence-electron chi connectivity index (χ2n) is 5.25. The summed E-state index contributed by atoms with van der Waals surface area (Å²) in [7, 11) is 4.08. The molecule has 0 aliphatic carbocycles. The summed E-state index contributed by atoms with van der Waals surface area (Å²) in [6.07, 6.45) is 0.881. The number of benzene rings is 1. The van der Waals surface area contributed by atoms with E-state index < -0.39 is 0 Å². The van der Waals surface area contributed by atoms with E-state index in [4.69, 9.17) is 0 Å². The molecule has 0 bridgehead atoms. The molecule has 1 rings (SSSR count). The van der Waals surface area contributed by atoms with Crippen LogP contribution in [-0.2, 0) is 4.79 Å². The lowest BCUT2D eigenvalue weighted by molar-refractivity contribution is -0.123. The lowest BCUT2D eigenvalue weighted by Crippen LogP contribution is -2.23. The van der Waals surface area contributed by atoms with E-state index in [0.717, 1.165) is 23.0 Å². The average Bonchev–Trinajstić information content (AvgIpc) is 2.30. The smallest absolute Gasteiger partial charge is 0.142 e. The molecule has 0 saturated heterocycles. The number of carbonyl (C=O) groups is 1. The van der Waals surface area contributed by atoms with Crippen LogP contribution in [0, 0.1) is 5.92 Å². The third-order valence-electron chi connectivity index (χ3n) is 3.05. The van der Waals surface area contributed by atoms with Gasteiger partial charge in [0.1, 0.15) is 5.78 Å². The van der Waals surface area contributed by atoms with Crippen molar-refractivity contribution in [3.63, 3.8) is 0 Å². The lowest BCUT2D eigenvalue weighted by atomic mass is 9.86. The van der Waals surface area contributed by atoms with Gasteiger partial charge in [0.15, 0.2) is 0 Å². The first-order valence-corrected chi connectivity index (χ1v) is 7.15. The van der Waals surface area contributed by atoms with E-state index in [2.05, 4.69) is 20.8 Å². The van der Waals surface area contributed by atoms with Crippen LogP contribution in [0.15, 0.2) is 28.7 Å². The maximum absolute atomic E-state index is 12.3. The minimum atomic E-state index is 0.0144. The van der Waals surface area contributed by atoms with Gasteiger partial charge in [0.2, 0.25) is 0 Å². The number of ketones is 1. The van der Waals surface area contributed by atoms with Gasteiger partial charge in [0.25, 0.3) is 0 Å². The Bertz CT molecular complexity index is 384. The topological polar surface area (TPSA) is 20.3 Å². The van der Waals surface area contributed by atoms with Gasteiger partial charge in [-0.15, -0.1) is 0 Å². The first kappa shape index (κ1) is 15.4. The largest absolute Gasteiger partial charge is 0.309 e. The van der Waals surface area contributed by atoms with Crippen LogP contribution in [0.3, 0.4) is 0 Å². The molecule has 1 aromatic carbocycles. The molecule has 1 aromatic rings. The van der Waals surface area contributed by atoms with Crippen LogP contribution in [0.25, 0.3) is 0 Å². The normalized spacial score (nSPS) is 13.1. The van der Waals surface area contributed by atoms with E-state index in [0.29, 0.717) is 5.78 Å². The van der Waals surface area contributed by atoms with Gasteiger partial charge < -0.3 is 4.90 Å². The van der Waals surface area contributed by atoms with Gasteiger partial charge in [0.05, 0.1) is 0 Å². The molecule has 0 amide bonds. The van der Waals surface area contributed by atoms with Crippen LogP contribution in [0.1, 0.15) is 31.7 Å². The Hall–Kier alpha value is -0.670. The van der Waals surface area contributed by atoms with E-state index in [-0.39, 0.29) is 11.8 Å². The summed E-state index contributed by atoms with van der Waals surface area (Å²) in [6.45, 7) is 4.88. The van der Waals surface area contributed by atoms with Crippen molar-refractivity contribution >= 4 is 21.7 Å². The highest BCUT2D eigenvalue weighted by Crippen LogP contribution is 2.25. The first-order chi connectivity index (χ1) is 8.41. The molecule has 0 heterocycles. The minimum Gasteiger partial charge on any atom is -0.309 e. The summed E-state index contributed by atoms with van der Waals surface area (Å²) in [6, 6.07) is 8.10. The van der Waals surface area contributed by atoms with E-state index >= 15 is 0 Å². The third-order valence-corrected chi connectivity index (χ3v) is 3.58. The highest BCUT2D eigenvalue weighted by molar-refractivity contribution is 9.10. The second-order valence-corrected chi connectivity index (χ2v) is 6.17. The van der Waals surface area contributed by atoms with Crippen LogP contribution in [0.5, 0.6) is 0 Å². The van der Waals surface area contributed by atoms with Crippen molar-refractivity contribution < 1.29 is 4.79 Å². The van der Waals surface area contributed by atoms with Crippen molar-refractivity contribution in [2.24, 2.45) is 5.92 Å². The molecule has 1 atom stereocenters. The summed E-state index contributed by atoms with van der Waals surface area (Å²) in [5.74, 6) is 0.431. The van der Waals surface area contributed by atoms with E-state index in [1.165, 1.54) is 0 Å². The molecular weight excluding hydrogens is 290 g/mol. The Morgan fingerprint density at radius 3 is 2.22 bits per heavy atom. The van der Waals surface area contributed by atoms with Gasteiger partial charge in [-0.3, -0.25) is 4.79 Å². The molecule has 100 valence electrons. The maximum Gasteiger partial charge on any atom is 0.142 e. The fraction of sp³-hybridized carbons (Fsp3) is 0.533. The lowest BCUT2D eigenvalue weighted by Gasteiger charge is -2.20. The van der Waals surface area contributed by atoms with E-state index in [1.54, 1.807) is 0 Å². The van der Waals surface area contributed by atoms with Crippen molar-refractivity contribution in [3.05, 3.63) is 34.3 Å². The minimum absolute atomic E-state index is 0.0144. The number of halogens is 1. The number of rotatable bonds is 6. The summed E-state index contributed by atoms with van der Waals surface area (Å²) in [5, 5.41) is 0. The predicted octanol–water partition coefficient (Wildman–Crippen LogP) is 3.71. The number of Topliss-reactive ketones (excluding diaryl/α,β-unsaturated/α-hetero) is 1. The molecule has 0 unspecified atom stereocenters. The van der Waals surface area contributed by atoms with Gasteiger partial charge in [-0.2, -0.15) is 0 Å². The molecule has 0 radical (unpaired) electrons. The Labute approximate surface area is 119 Å². The molecular formula is C15H22BrNO. The maximum atomic E-state index is 12.3. The highest BCUT2D eigenvalue weighted by Gasteiger charge is 2.22. The molecule has 0 aliphatic heterocycles. The van der Waals surface area contributed by atoms with Crippen molar-refractivity contribution in [1.29, 1.82) is 0 Å². The van der Waals surface area contributed by atoms with Crippen molar-refractivity contribution in [1.82, 2.24) is 4.90 Å². The van der Waals surface area contributed by atoms with Gasteiger partial charge in [0, 0.05) is 16.3 Å². The number of carbonyl (C=O) groups excluding carboxylic acids is 1. The second kappa shape index (κ2) is 7.05. The summed E-state index contributed by atoms with van der Waals surface area (Å²) in [5.41, 5.74) is 1.12. The zero-order valence-electron chi connectivity index (χ0n) is 11.6. The van der Waals surface area contributed by atoms with Crippen LogP contribution < -0.4 is 0 Å². The molecule has 18 heavy (non-hydrogen) atoms. The predicted molar refractivity (Wildman–Crippen MR) is 79.9 cm³/mol. The van der Waals surface area contributed by atoms with Crippen molar-refractivity contribution in [2.45, 2.75) is 26.2 Å². The number of nitrogens with zero attached hydrogens (tertiary/aromatic N) is 1. The zero-order valence-corrected chi connectivity index (χ0v) is 13.2. The Balaban J connectivity index is 2.89. The van der Waals surface area contributed by atoms with Gasteiger partial charge in [-0.25, -0.2) is 0 Å². The average molecular weight is 312 g/mol. The van der Waals surface area contributed by atoms with Gasteiger partial charge in [-0.05, 0) is 44.8 Å². The van der Waals surface area contributed by atoms with Gasteiger partial charge >= 0.3 is 0 Å². The number of hydrogen-bond acceptors (Lipinski definition) is 2. The van der Waals surface area contributed by atoms with E-state index in [9.17, 15) is 4.79 Å². The standard InChI is InChI=1S/C15H22BrNO/c1-11(2)15(18)14(9-10-17(3)4)12-5-7-13(16)8-6-12/h5-8,11,14H,9-10H2,1-4H3/t14-/m1/s1. The van der Waals surface area contributed by atoms with Crippen LogP contribution >= 0.6 is 15.9 Å². The van der Waals surface area contributed by atoms with Crippen molar-refractivity contribution in [3.8, 4) is 0 Å². The Kier molecular flexibility index (Phi) is 6.03. The zero-order chi connectivity index (χ0) is 13.7. The summed E-state index contributed by atoms with van der Waals surface area (Å²) >= 11 is 3.43. The fourth-order valence-corrected chi connectivity index (χ4v) is 2.22. The van der Waals surface area contributed by atoms with Crippen LogP contribution in [0.4, 0.5) is 0 Å². The molecule has 0 aliphatic rings. The van der Waals surface area contributed by atoms with Crippen molar-refractivity contribution in [2.75, 3.05) is 20.6 Å². The molecule has 0 N–H and O–H groups in total. The molecule has 0 spiro atoms. The Morgan fingerprint density at radius 1 is 1.22 bits per heavy atom. The SMILES string of the molecule is CC(C)C(=O)[C@H](CCN(C)C)c1ccc(Br)cc1. The fourth-order valence-electron chi connectivity index (χ4n) is 1.96. The van der Waals surface area contributed by atoms with E-state index in [1.807, 2.05) is 52.2 Å². The molecule has 3 heteroatoms. The van der Waals surface area contributed by atoms with Crippen LogP contribution in [0.2, 0.25) is 0 Å². The van der Waals surface area contributed by atoms with Crippen LogP contribution in [-0.4, -0.2) is 31.3 Å². The number of hydrogen-bond donors (Lipinski definition) is 0. The molecule has 0 saturated carbocycles. The summed E-state index contributed by atoms with van der Waals surface area (Å²) < 4.78 is 1.05. The molecule has 0 fully saturated rings.